The van der Waals surface area contributed by atoms with Crippen LogP contribution < -0.4 is 59.2 Å². The first-order valence-electron chi connectivity index (χ1n) is 30.2. The normalized spacial score (nSPS) is 11.4. The van der Waals surface area contributed by atoms with Crippen molar-refractivity contribution in [3.63, 3.8) is 0 Å². The van der Waals surface area contributed by atoms with E-state index in [9.17, 15) is 19.2 Å². The molecular weight excluding hydrogens is 1550 g/mol. The van der Waals surface area contributed by atoms with E-state index in [0.29, 0.717) is 76.1 Å². The van der Waals surface area contributed by atoms with Gasteiger partial charge in [0.15, 0.2) is 34.5 Å². The molecule has 2 aliphatic rings. The summed E-state index contributed by atoms with van der Waals surface area (Å²) in [5, 5.41) is 18.4. The van der Waals surface area contributed by atoms with Gasteiger partial charge in [0.05, 0.1) is 24.8 Å². The molecule has 2 saturated heterocycles. The first kappa shape index (κ1) is 93.8. The Morgan fingerprint density at radius 3 is 1.17 bits per heavy atom. The van der Waals surface area contributed by atoms with Gasteiger partial charge in [-0.05, 0) is 27.1 Å². The zero-order valence-corrected chi connectivity index (χ0v) is 63.6. The molecule has 0 unspecified atom stereocenters. The molecule has 1 amide bonds. The first-order chi connectivity index (χ1) is 44.3. The molecule has 12 rings (SSSR count). The minimum atomic E-state index is -2.52. The van der Waals surface area contributed by atoms with Crippen LogP contribution in [0, 0.1) is 6.92 Å². The van der Waals surface area contributed by atoms with E-state index in [1.165, 1.54) is 76.8 Å². The number of Topliss-reactive ketones (excluding diaryl/α,β-unsaturated/α-hetero) is 3. The number of likely N-dealkylation sites (tertiary alicyclic amines) is 1. The number of carbonyl (C=O) groups excluding carboxylic acids is 4. The van der Waals surface area contributed by atoms with Crippen molar-refractivity contribution < 1.29 is 113 Å². The monoisotopic (exact) mass is 1630 g/mol. The fourth-order valence-electron chi connectivity index (χ4n) is 9.15. The molecule has 10 heterocycles. The van der Waals surface area contributed by atoms with Crippen LogP contribution in [0.1, 0.15) is 159 Å². The molecule has 0 saturated carbocycles. The Kier molecular flexibility index (Phi) is 49.6. The number of hydrogen-bond acceptors (Lipinski definition) is 22. The number of hydrogen-bond donors (Lipinski definition) is 1. The van der Waals surface area contributed by atoms with Gasteiger partial charge in [0, 0.05) is 140 Å². The average Bonchev–Trinajstić information content (AvgIpc) is 1.40. The second-order valence-electron chi connectivity index (χ2n) is 20.9. The third kappa shape index (κ3) is 30.3. The summed E-state index contributed by atoms with van der Waals surface area (Å²) in [7, 11) is 0. The number of unbranched alkanes of at least 4 members (excludes halogenated alkanes) is 3. The number of amides is 1. The molecule has 0 aliphatic carbocycles. The zero-order chi connectivity index (χ0) is 65.2. The van der Waals surface area contributed by atoms with Gasteiger partial charge in [0.1, 0.15) is 33.1 Å². The fraction of sp³-hybridized carbons (Fsp3) is 0.338. The van der Waals surface area contributed by atoms with Gasteiger partial charge in [-0.25, -0.2) is 19.9 Å². The van der Waals surface area contributed by atoms with Crippen molar-refractivity contribution in [2.24, 2.45) is 0 Å². The SMILES string of the molecule is Brc1cnccn1.C.CC(=O)c1cc(-c2cnccn2)on1.CC(=O)c1cc(-c2cnccn2)on1.CCC[CH2][Sn]([CH2]CCC)([CH2]CCC)[c]1cc(C(C)=O)no1.Cl.O=C(c1cc(-c2cnccn2)on1)N1CC(c2ccccc2)C1.[CH2-]C.[Cl-].[Li+].[Li+].[OH-].[Pd].c1ccc(C2CNC2)cc1. The van der Waals surface area contributed by atoms with Crippen LogP contribution in [0.15, 0.2) is 182 Å². The Hall–Kier alpha value is -6.28. The molecule has 0 bridgehead atoms. The van der Waals surface area contributed by atoms with Crippen molar-refractivity contribution in [2.45, 2.75) is 120 Å². The number of nitrogens with zero attached hydrogens (tertiary/aromatic N) is 13. The summed E-state index contributed by atoms with van der Waals surface area (Å²) in [5.74, 6) is 2.15. The van der Waals surface area contributed by atoms with Crippen molar-refractivity contribution in [1.29, 1.82) is 0 Å². The first-order valence-corrected chi connectivity index (χ1v) is 38.5. The molecule has 30 heteroatoms. The topological polar surface area (TPSA) is 321 Å². The molecule has 2 aliphatic heterocycles. The smallest absolute Gasteiger partial charge is 1.00 e. The Balaban J connectivity index is 0. The van der Waals surface area contributed by atoms with Crippen LogP contribution in [0.4, 0.5) is 0 Å². The van der Waals surface area contributed by atoms with Crippen LogP contribution in [0.5, 0.6) is 0 Å². The summed E-state index contributed by atoms with van der Waals surface area (Å²) in [5.41, 5.74) is 5.84. The van der Waals surface area contributed by atoms with E-state index < -0.39 is 18.4 Å². The molecule has 23 nitrogen and oxygen atoms in total. The van der Waals surface area contributed by atoms with Gasteiger partial charge in [-0.2, -0.15) is 6.92 Å². The largest absolute Gasteiger partial charge is 1.00 e. The van der Waals surface area contributed by atoms with Gasteiger partial charge in [0.25, 0.3) is 5.91 Å². The van der Waals surface area contributed by atoms with Crippen LogP contribution in [0.25, 0.3) is 34.4 Å². The van der Waals surface area contributed by atoms with Crippen LogP contribution in [0.3, 0.4) is 0 Å². The van der Waals surface area contributed by atoms with E-state index in [1.807, 2.05) is 24.3 Å². The molecule has 98 heavy (non-hydrogen) atoms. The minimum Gasteiger partial charge on any atom is -1.00 e. The summed E-state index contributed by atoms with van der Waals surface area (Å²) in [4.78, 5) is 79.1. The summed E-state index contributed by atoms with van der Waals surface area (Å²) >= 11 is 0.620. The van der Waals surface area contributed by atoms with E-state index in [1.54, 1.807) is 111 Å². The predicted molar refractivity (Wildman–Crippen MR) is 367 cm³/mol. The van der Waals surface area contributed by atoms with Crippen molar-refractivity contribution in [2.75, 3.05) is 26.2 Å². The predicted octanol–water partition coefficient (Wildman–Crippen LogP) is 5.32. The third-order valence-corrected chi connectivity index (χ3v) is 29.6. The minimum absolute atomic E-state index is 0. The molecule has 0 spiro atoms. The number of nitrogens with one attached hydrogen (secondary N) is 1. The van der Waals surface area contributed by atoms with E-state index in [4.69, 9.17) is 18.1 Å². The van der Waals surface area contributed by atoms with Crippen LogP contribution in [-0.2, 0) is 20.4 Å². The van der Waals surface area contributed by atoms with Gasteiger partial charge in [-0.15, -0.1) is 12.4 Å². The molecule has 0 atom stereocenters. The van der Waals surface area contributed by atoms with Gasteiger partial charge in [-0.1, -0.05) is 83.6 Å². The van der Waals surface area contributed by atoms with Crippen LogP contribution in [0.2, 0.25) is 13.3 Å². The second-order valence-corrected chi connectivity index (χ2v) is 34.8. The zero-order valence-electron chi connectivity index (χ0n) is 56.1. The van der Waals surface area contributed by atoms with Crippen LogP contribution >= 0.6 is 28.3 Å². The van der Waals surface area contributed by atoms with Crippen molar-refractivity contribution in [1.82, 2.24) is 70.7 Å². The van der Waals surface area contributed by atoms with E-state index in [2.05, 4.69) is 152 Å². The van der Waals surface area contributed by atoms with Gasteiger partial charge >= 0.3 is 171 Å². The second kappa shape index (κ2) is 51.8. The number of ketones is 3. The Bertz CT molecular complexity index is 3620. The van der Waals surface area contributed by atoms with Crippen LogP contribution in [-0.4, -0.2) is 139 Å². The summed E-state index contributed by atoms with van der Waals surface area (Å²) < 4.78 is 26.7. The molecule has 8 aromatic heterocycles. The number of benzene rings is 2. The quantitative estimate of drug-likeness (QED) is 0.0608. The van der Waals surface area contributed by atoms with Gasteiger partial charge in [0.2, 0.25) is 0 Å². The summed E-state index contributed by atoms with van der Waals surface area (Å²) in [6.45, 7) is 19.9. The molecule has 2 fully saturated rings. The number of aromatic nitrogens is 12. The summed E-state index contributed by atoms with van der Waals surface area (Å²) in [6, 6.07) is 27.6. The van der Waals surface area contributed by atoms with Gasteiger partial charge in [-0.3, -0.25) is 34.3 Å². The molecule has 2 aromatic carbocycles. The molecule has 518 valence electrons. The fourth-order valence-corrected chi connectivity index (χ4v) is 24.4. The Morgan fingerprint density at radius 2 is 0.878 bits per heavy atom. The maximum Gasteiger partial charge on any atom is 1.00 e. The maximum absolute atomic E-state index is 12.4. The van der Waals surface area contributed by atoms with E-state index >= 15 is 0 Å². The van der Waals surface area contributed by atoms with Crippen molar-refractivity contribution in [3.8, 4) is 34.4 Å². The molecule has 10 aromatic rings. The van der Waals surface area contributed by atoms with Crippen molar-refractivity contribution in [3.05, 3.63) is 205 Å². The number of halogens is 3. The summed E-state index contributed by atoms with van der Waals surface area (Å²) in [6.07, 6.45) is 26.5. The maximum atomic E-state index is 12.4. The third-order valence-electron chi connectivity index (χ3n) is 14.4. The van der Waals surface area contributed by atoms with E-state index in [-0.39, 0.29) is 119 Å². The van der Waals surface area contributed by atoms with Gasteiger partial charge < -0.3 is 48.6 Å². The number of rotatable bonds is 19. The molecular formula is C68H84BrCl2Li2N14O9PdSn-. The average molecular weight is 1630 g/mol. The molecule has 2 N–H and O–H groups in total. The molecule has 0 radical (unpaired) electrons. The Labute approximate surface area is 636 Å². The number of carbonyl (C=O) groups is 4. The van der Waals surface area contributed by atoms with Crippen molar-refractivity contribution >= 4 is 73.7 Å². The standard InChI is InChI=1S/C17H14N4O2.2C9H7N3O2.C9H11N.C5H4NO2.C4H3BrN2.3C4H9.C2H5.CH4.2ClH.2Li.H2O.Pd.Sn/c22-17(21-10-13(11-21)12-4-2-1-3-5-12)14-8-16(23-20-14)15-9-18-6-7-19-15;2*1-6(13)7-4-9(14-12-7)8-5-10-2-3-11-8;1-2-4-8(5-3-1)9-6-10-7-9;1-4(7)5-2-3-8-6-5;5-4-3-6-1-2-7-4;3*1-3-4-2;1-2;;;;;;;;/h1-9,13H,10-11H2;2*2-5H,1H3;1-5,9-10H,6-7H2;2H,1H3;1-3H;3*1,3-4H2,2H3;1H2,2H3;1H4;2*1H;;;1H2;;/q;;;;;;;;;-1;;;;2*+1;;;/p-2. The Morgan fingerprint density at radius 1 is 0.531 bits per heavy atom. The van der Waals surface area contributed by atoms with E-state index in [0.717, 1.165) is 27.4 Å².